The second kappa shape index (κ2) is 4.16. The molecule has 78 valence electrons. The molecule has 0 amide bonds. The molecule has 0 bridgehead atoms. The summed E-state index contributed by atoms with van der Waals surface area (Å²) in [7, 11) is 0. The van der Waals surface area contributed by atoms with Crippen LogP contribution >= 0.6 is 0 Å². The van der Waals surface area contributed by atoms with Crippen molar-refractivity contribution in [1.29, 1.82) is 0 Å². The Hall–Kier alpha value is -0.790. The molecule has 0 aromatic heterocycles. The fraction of sp³-hybridized carbons (Fsp3) is 0.750. The van der Waals surface area contributed by atoms with Gasteiger partial charge in [-0.25, -0.2) is 0 Å². The van der Waals surface area contributed by atoms with E-state index in [2.05, 4.69) is 24.9 Å². The lowest BCUT2D eigenvalue weighted by atomic mass is 10.0. The Morgan fingerprint density at radius 1 is 1.43 bits per heavy atom. The van der Waals surface area contributed by atoms with Crippen molar-refractivity contribution in [2.75, 3.05) is 0 Å². The number of rotatable bonds is 4. The zero-order valence-electron chi connectivity index (χ0n) is 9.12. The highest BCUT2D eigenvalue weighted by Gasteiger charge is 2.26. The third kappa shape index (κ3) is 2.37. The Balaban J connectivity index is 2.00. The number of allylic oxidation sites excluding steroid dienone is 1. The smallest absolute Gasteiger partial charge is 0.100 e. The minimum atomic E-state index is 0.462. The normalized spacial score (nSPS) is 26.9. The molecule has 1 atom stereocenters. The van der Waals surface area contributed by atoms with Gasteiger partial charge in [-0.15, -0.1) is 0 Å². The fourth-order valence-corrected chi connectivity index (χ4v) is 1.71. The van der Waals surface area contributed by atoms with Gasteiger partial charge in [0.15, 0.2) is 0 Å². The molecule has 0 radical (unpaired) electrons. The summed E-state index contributed by atoms with van der Waals surface area (Å²) < 4.78 is 5.85. The number of hydrogen-bond donors (Lipinski definition) is 0. The number of hydrogen-bond acceptors (Lipinski definition) is 2. The van der Waals surface area contributed by atoms with Gasteiger partial charge >= 0.3 is 0 Å². The first-order valence-electron chi connectivity index (χ1n) is 5.75. The molecule has 1 saturated carbocycles. The minimum absolute atomic E-state index is 0.462. The largest absolute Gasteiger partial charge is 0.495 e. The maximum absolute atomic E-state index is 5.85. The third-order valence-corrected chi connectivity index (χ3v) is 2.79. The van der Waals surface area contributed by atoms with Crippen molar-refractivity contribution >= 4 is 5.71 Å². The highest BCUT2D eigenvalue weighted by atomic mass is 16.5. The minimum Gasteiger partial charge on any atom is -0.495 e. The quantitative estimate of drug-likeness (QED) is 0.672. The van der Waals surface area contributed by atoms with Crippen LogP contribution < -0.4 is 0 Å². The van der Waals surface area contributed by atoms with Crippen LogP contribution in [-0.4, -0.2) is 17.9 Å². The molecule has 1 unspecified atom stereocenters. The molecule has 0 spiro atoms. The maximum Gasteiger partial charge on any atom is 0.100 e. The second-order valence-corrected chi connectivity index (χ2v) is 4.17. The summed E-state index contributed by atoms with van der Waals surface area (Å²) in [6.07, 6.45) is 8.30. The van der Waals surface area contributed by atoms with E-state index in [0.717, 1.165) is 19.3 Å². The van der Waals surface area contributed by atoms with E-state index in [1.54, 1.807) is 0 Å². The predicted octanol–water partition coefficient (Wildman–Crippen LogP) is 3.08. The van der Waals surface area contributed by atoms with Crippen molar-refractivity contribution in [1.82, 2.24) is 0 Å². The molecule has 0 saturated heterocycles. The molecule has 1 heterocycles. The molecule has 2 nitrogen and oxygen atoms in total. The first-order valence-corrected chi connectivity index (χ1v) is 5.75. The van der Waals surface area contributed by atoms with Crippen molar-refractivity contribution in [3.63, 3.8) is 0 Å². The van der Waals surface area contributed by atoms with E-state index in [1.165, 1.54) is 24.3 Å². The summed E-state index contributed by atoms with van der Waals surface area (Å²) in [5, 5.41) is 0. The molecule has 2 rings (SSSR count). The molecule has 0 N–H and O–H groups in total. The molecule has 1 aliphatic carbocycles. The van der Waals surface area contributed by atoms with Crippen molar-refractivity contribution in [3.05, 3.63) is 11.8 Å². The van der Waals surface area contributed by atoms with Crippen molar-refractivity contribution in [3.8, 4) is 0 Å². The van der Waals surface area contributed by atoms with E-state index in [9.17, 15) is 0 Å². The predicted molar refractivity (Wildman–Crippen MR) is 58.6 cm³/mol. The Bertz CT molecular complexity index is 263. The van der Waals surface area contributed by atoms with Crippen LogP contribution in [0.1, 0.15) is 46.0 Å². The summed E-state index contributed by atoms with van der Waals surface area (Å²) in [6.45, 7) is 4.35. The van der Waals surface area contributed by atoms with Gasteiger partial charge in [-0.05, 0) is 31.8 Å². The molecule has 14 heavy (non-hydrogen) atoms. The lowest BCUT2D eigenvalue weighted by Crippen LogP contribution is -2.15. The summed E-state index contributed by atoms with van der Waals surface area (Å²) in [5.74, 6) is 1.17. The average molecular weight is 193 g/mol. The van der Waals surface area contributed by atoms with Crippen LogP contribution in [0.25, 0.3) is 0 Å². The van der Waals surface area contributed by atoms with E-state index in [-0.39, 0.29) is 0 Å². The lowest BCUT2D eigenvalue weighted by molar-refractivity contribution is 0.182. The van der Waals surface area contributed by atoms with Gasteiger partial charge in [-0.2, -0.15) is 0 Å². The first kappa shape index (κ1) is 9.75. The summed E-state index contributed by atoms with van der Waals surface area (Å²) in [5.41, 5.74) is 1.21. The van der Waals surface area contributed by atoms with Gasteiger partial charge in [-0.3, -0.25) is 4.99 Å². The van der Waals surface area contributed by atoms with Crippen molar-refractivity contribution in [2.45, 2.75) is 58.1 Å². The molecule has 1 fully saturated rings. The Labute approximate surface area is 86.1 Å². The van der Waals surface area contributed by atoms with Crippen LogP contribution in [0.4, 0.5) is 0 Å². The van der Waals surface area contributed by atoms with E-state index in [0.29, 0.717) is 12.1 Å². The van der Waals surface area contributed by atoms with Crippen molar-refractivity contribution < 1.29 is 4.74 Å². The van der Waals surface area contributed by atoms with Gasteiger partial charge in [0.25, 0.3) is 0 Å². The lowest BCUT2D eigenvalue weighted by Gasteiger charge is -2.20. The Morgan fingerprint density at radius 3 is 2.79 bits per heavy atom. The molecule has 0 aromatic rings. The highest BCUT2D eigenvalue weighted by Crippen LogP contribution is 2.29. The van der Waals surface area contributed by atoms with Gasteiger partial charge in [-0.1, -0.05) is 13.8 Å². The first-order chi connectivity index (χ1) is 6.81. The van der Waals surface area contributed by atoms with Gasteiger partial charge in [0, 0.05) is 12.1 Å². The molecule has 0 aromatic carbocycles. The van der Waals surface area contributed by atoms with Gasteiger partial charge in [0.1, 0.15) is 5.76 Å². The molecular weight excluding hydrogens is 174 g/mol. The Kier molecular flexibility index (Phi) is 2.90. The maximum atomic E-state index is 5.85. The number of dihydropyridines is 1. The fourth-order valence-electron chi connectivity index (χ4n) is 1.71. The summed E-state index contributed by atoms with van der Waals surface area (Å²) >= 11 is 0. The molecule has 1 aliphatic heterocycles. The SMILES string of the molecule is CCC1=NC(CC)CC(OC2CC2)=C1. The molecular formula is C12H19NO. The van der Waals surface area contributed by atoms with Gasteiger partial charge in [0.2, 0.25) is 0 Å². The molecule has 2 aliphatic rings. The van der Waals surface area contributed by atoms with Crippen LogP contribution in [0.3, 0.4) is 0 Å². The zero-order chi connectivity index (χ0) is 9.97. The number of aliphatic imine (C=N–C) groups is 1. The van der Waals surface area contributed by atoms with Crippen LogP contribution in [0.2, 0.25) is 0 Å². The van der Waals surface area contributed by atoms with E-state index >= 15 is 0 Å². The summed E-state index contributed by atoms with van der Waals surface area (Å²) in [6, 6.07) is 0.462. The Morgan fingerprint density at radius 2 is 2.21 bits per heavy atom. The van der Waals surface area contributed by atoms with Crippen LogP contribution in [0, 0.1) is 0 Å². The average Bonchev–Trinajstić information content (AvgIpc) is 3.01. The number of ether oxygens (including phenoxy) is 1. The third-order valence-electron chi connectivity index (χ3n) is 2.79. The topological polar surface area (TPSA) is 21.6 Å². The van der Waals surface area contributed by atoms with Gasteiger partial charge < -0.3 is 4.74 Å². The monoisotopic (exact) mass is 193 g/mol. The molecule has 2 heteroatoms. The van der Waals surface area contributed by atoms with Crippen LogP contribution in [-0.2, 0) is 4.74 Å². The van der Waals surface area contributed by atoms with Crippen LogP contribution in [0.5, 0.6) is 0 Å². The second-order valence-electron chi connectivity index (χ2n) is 4.17. The standard InChI is InChI=1S/C12H19NO/c1-3-9-7-12(14-11-5-6-11)8-10(4-2)13-9/h7,10-11H,3-6,8H2,1-2H3. The van der Waals surface area contributed by atoms with E-state index in [1.807, 2.05) is 0 Å². The van der Waals surface area contributed by atoms with E-state index < -0.39 is 0 Å². The van der Waals surface area contributed by atoms with Crippen LogP contribution in [0.15, 0.2) is 16.8 Å². The summed E-state index contributed by atoms with van der Waals surface area (Å²) in [4.78, 5) is 4.66. The van der Waals surface area contributed by atoms with Gasteiger partial charge in [0.05, 0.1) is 12.1 Å². The van der Waals surface area contributed by atoms with Crippen molar-refractivity contribution in [2.24, 2.45) is 4.99 Å². The van der Waals surface area contributed by atoms with E-state index in [4.69, 9.17) is 4.74 Å². The zero-order valence-corrected chi connectivity index (χ0v) is 9.12. The number of nitrogens with zero attached hydrogens (tertiary/aromatic N) is 1. The highest BCUT2D eigenvalue weighted by molar-refractivity contribution is 5.95.